The Morgan fingerprint density at radius 2 is 1.76 bits per heavy atom. The standard InChI is InChI=1S/C13H20N2O2/c1-14(2)13(16)7-5-3-4-6-8-15-9-11-17-12-10-15/h3-8H,9-12H2,1-2H3/b4-3+,7-5+,8-6+. The predicted octanol–water partition coefficient (Wildman–Crippen LogP) is 1.03. The van der Waals surface area contributed by atoms with E-state index >= 15 is 0 Å². The molecule has 1 fully saturated rings. The van der Waals surface area contributed by atoms with Gasteiger partial charge in [-0.2, -0.15) is 0 Å². The lowest BCUT2D eigenvalue weighted by atomic mass is 10.4. The van der Waals surface area contributed by atoms with Gasteiger partial charge in [0.2, 0.25) is 5.91 Å². The van der Waals surface area contributed by atoms with Crippen molar-refractivity contribution >= 4 is 5.91 Å². The average molecular weight is 236 g/mol. The minimum absolute atomic E-state index is 0.00758. The van der Waals surface area contributed by atoms with E-state index in [0.717, 1.165) is 26.3 Å². The summed E-state index contributed by atoms with van der Waals surface area (Å²) in [5.41, 5.74) is 0. The highest BCUT2D eigenvalue weighted by Gasteiger charge is 2.03. The molecule has 0 N–H and O–H groups in total. The van der Waals surface area contributed by atoms with Crippen molar-refractivity contribution in [1.82, 2.24) is 9.80 Å². The van der Waals surface area contributed by atoms with E-state index in [1.807, 2.05) is 24.4 Å². The van der Waals surface area contributed by atoms with E-state index in [1.54, 1.807) is 26.2 Å². The van der Waals surface area contributed by atoms with Gasteiger partial charge in [-0.15, -0.1) is 0 Å². The highest BCUT2D eigenvalue weighted by molar-refractivity contribution is 5.87. The highest BCUT2D eigenvalue weighted by atomic mass is 16.5. The largest absolute Gasteiger partial charge is 0.378 e. The predicted molar refractivity (Wildman–Crippen MR) is 68.5 cm³/mol. The Bertz CT molecular complexity index is 313. The topological polar surface area (TPSA) is 32.8 Å². The van der Waals surface area contributed by atoms with E-state index in [1.165, 1.54) is 4.90 Å². The van der Waals surface area contributed by atoms with Crippen molar-refractivity contribution in [3.63, 3.8) is 0 Å². The lowest BCUT2D eigenvalue weighted by molar-refractivity contribution is -0.123. The van der Waals surface area contributed by atoms with E-state index in [-0.39, 0.29) is 5.91 Å². The summed E-state index contributed by atoms with van der Waals surface area (Å²) in [6.07, 6.45) is 11.1. The van der Waals surface area contributed by atoms with Gasteiger partial charge in [-0.1, -0.05) is 18.2 Å². The summed E-state index contributed by atoms with van der Waals surface area (Å²) in [4.78, 5) is 14.9. The average Bonchev–Trinajstić information content (AvgIpc) is 2.34. The molecule has 1 rings (SSSR count). The Morgan fingerprint density at radius 3 is 2.41 bits per heavy atom. The Hall–Kier alpha value is -1.55. The fourth-order valence-corrected chi connectivity index (χ4v) is 1.31. The van der Waals surface area contributed by atoms with Crippen LogP contribution in [0.4, 0.5) is 0 Å². The van der Waals surface area contributed by atoms with Gasteiger partial charge >= 0.3 is 0 Å². The van der Waals surface area contributed by atoms with Crippen LogP contribution in [0.15, 0.2) is 36.6 Å². The quantitative estimate of drug-likeness (QED) is 0.540. The van der Waals surface area contributed by atoms with Gasteiger partial charge in [-0.05, 0) is 12.3 Å². The summed E-state index contributed by atoms with van der Waals surface area (Å²) in [5.74, 6) is -0.00758. The first-order chi connectivity index (χ1) is 8.20. The Labute approximate surface area is 103 Å². The van der Waals surface area contributed by atoms with Crippen LogP contribution in [0, 0.1) is 0 Å². The van der Waals surface area contributed by atoms with Crippen LogP contribution in [0.2, 0.25) is 0 Å². The molecular formula is C13H20N2O2. The number of carbonyl (C=O) groups excluding carboxylic acids is 1. The number of amides is 1. The first-order valence-electron chi connectivity index (χ1n) is 5.75. The van der Waals surface area contributed by atoms with Crippen molar-refractivity contribution in [2.75, 3.05) is 40.4 Å². The Kier molecular flexibility index (Phi) is 6.10. The number of allylic oxidation sites excluding steroid dienone is 4. The number of rotatable bonds is 4. The van der Waals surface area contributed by atoms with Crippen LogP contribution in [0.3, 0.4) is 0 Å². The molecule has 1 amide bonds. The third-order valence-electron chi connectivity index (χ3n) is 2.36. The molecule has 17 heavy (non-hydrogen) atoms. The van der Waals surface area contributed by atoms with E-state index in [4.69, 9.17) is 4.74 Å². The second kappa shape index (κ2) is 7.68. The zero-order valence-corrected chi connectivity index (χ0v) is 10.5. The maximum Gasteiger partial charge on any atom is 0.246 e. The molecule has 0 saturated carbocycles. The molecule has 0 radical (unpaired) electrons. The van der Waals surface area contributed by atoms with Gasteiger partial charge in [-0.3, -0.25) is 4.79 Å². The molecule has 94 valence electrons. The summed E-state index contributed by atoms with van der Waals surface area (Å²) in [6, 6.07) is 0. The highest BCUT2D eigenvalue weighted by Crippen LogP contribution is 1.97. The van der Waals surface area contributed by atoms with Crippen LogP contribution in [0.25, 0.3) is 0 Å². The van der Waals surface area contributed by atoms with E-state index < -0.39 is 0 Å². The van der Waals surface area contributed by atoms with Crippen molar-refractivity contribution in [2.45, 2.75) is 0 Å². The summed E-state index contributed by atoms with van der Waals surface area (Å²) in [6.45, 7) is 3.48. The zero-order chi connectivity index (χ0) is 12.5. The van der Waals surface area contributed by atoms with Crippen LogP contribution in [-0.4, -0.2) is 56.1 Å². The monoisotopic (exact) mass is 236 g/mol. The van der Waals surface area contributed by atoms with Gasteiger partial charge in [-0.25, -0.2) is 0 Å². The molecule has 0 atom stereocenters. The first kappa shape index (κ1) is 13.5. The molecule has 4 nitrogen and oxygen atoms in total. The van der Waals surface area contributed by atoms with Crippen LogP contribution in [-0.2, 0) is 9.53 Å². The Balaban J connectivity index is 2.24. The van der Waals surface area contributed by atoms with Crippen molar-refractivity contribution in [1.29, 1.82) is 0 Å². The first-order valence-corrected chi connectivity index (χ1v) is 5.75. The molecule has 0 unspecified atom stereocenters. The molecular weight excluding hydrogens is 216 g/mol. The fourth-order valence-electron chi connectivity index (χ4n) is 1.31. The summed E-state index contributed by atoms with van der Waals surface area (Å²) >= 11 is 0. The maximum absolute atomic E-state index is 11.2. The van der Waals surface area contributed by atoms with Crippen LogP contribution < -0.4 is 0 Å². The third-order valence-corrected chi connectivity index (χ3v) is 2.36. The van der Waals surface area contributed by atoms with Crippen LogP contribution in [0.5, 0.6) is 0 Å². The smallest absolute Gasteiger partial charge is 0.246 e. The fraction of sp³-hybridized carbons (Fsp3) is 0.462. The normalized spacial score (nSPS) is 17.4. The lowest BCUT2D eigenvalue weighted by Gasteiger charge is -2.24. The minimum Gasteiger partial charge on any atom is -0.378 e. The number of morpholine rings is 1. The zero-order valence-electron chi connectivity index (χ0n) is 10.5. The molecule has 0 aromatic carbocycles. The number of nitrogens with zero attached hydrogens (tertiary/aromatic N) is 2. The number of ether oxygens (including phenoxy) is 1. The molecule has 1 aliphatic heterocycles. The van der Waals surface area contributed by atoms with Gasteiger partial charge in [0, 0.05) is 33.3 Å². The summed E-state index contributed by atoms with van der Waals surface area (Å²) < 4.78 is 5.25. The molecule has 1 saturated heterocycles. The van der Waals surface area contributed by atoms with Gasteiger partial charge in [0.05, 0.1) is 13.2 Å². The van der Waals surface area contributed by atoms with Crippen molar-refractivity contribution in [3.05, 3.63) is 36.6 Å². The van der Waals surface area contributed by atoms with Crippen molar-refractivity contribution < 1.29 is 9.53 Å². The molecule has 0 aliphatic carbocycles. The molecule has 0 aromatic heterocycles. The minimum atomic E-state index is -0.00758. The van der Waals surface area contributed by atoms with Gasteiger partial charge in [0.25, 0.3) is 0 Å². The van der Waals surface area contributed by atoms with Gasteiger partial charge in [0.1, 0.15) is 0 Å². The van der Waals surface area contributed by atoms with E-state index in [2.05, 4.69) is 4.90 Å². The molecule has 0 spiro atoms. The number of hydrogen-bond donors (Lipinski definition) is 0. The van der Waals surface area contributed by atoms with Crippen LogP contribution in [0.1, 0.15) is 0 Å². The van der Waals surface area contributed by atoms with Crippen LogP contribution >= 0.6 is 0 Å². The van der Waals surface area contributed by atoms with Crippen molar-refractivity contribution in [3.8, 4) is 0 Å². The van der Waals surface area contributed by atoms with E-state index in [9.17, 15) is 4.79 Å². The van der Waals surface area contributed by atoms with Gasteiger partial charge < -0.3 is 14.5 Å². The number of hydrogen-bond acceptors (Lipinski definition) is 3. The molecule has 1 heterocycles. The molecule has 4 heteroatoms. The number of carbonyl (C=O) groups is 1. The van der Waals surface area contributed by atoms with Gasteiger partial charge in [0.15, 0.2) is 0 Å². The SMILES string of the molecule is CN(C)C(=O)/C=C/C=C/C=C/N1CCOCC1. The van der Waals surface area contributed by atoms with Crippen molar-refractivity contribution in [2.24, 2.45) is 0 Å². The number of likely N-dealkylation sites (N-methyl/N-ethyl adjacent to an activating group) is 1. The molecule has 0 bridgehead atoms. The molecule has 1 aliphatic rings. The maximum atomic E-state index is 11.2. The Morgan fingerprint density at radius 1 is 1.12 bits per heavy atom. The summed E-state index contributed by atoms with van der Waals surface area (Å²) in [7, 11) is 3.46. The second-order valence-corrected chi connectivity index (χ2v) is 3.97. The second-order valence-electron chi connectivity index (χ2n) is 3.97. The molecule has 0 aromatic rings. The van der Waals surface area contributed by atoms with E-state index in [0.29, 0.717) is 0 Å². The lowest BCUT2D eigenvalue weighted by Crippen LogP contribution is -2.31. The third kappa shape index (κ3) is 5.92. The summed E-state index contributed by atoms with van der Waals surface area (Å²) in [5, 5.41) is 0.